The minimum atomic E-state index is -4.74. The fourth-order valence-electron chi connectivity index (χ4n) is 1.40. The molecule has 0 saturated carbocycles. The van der Waals surface area contributed by atoms with Crippen LogP contribution in [0.5, 0.6) is 0 Å². The third-order valence-corrected chi connectivity index (χ3v) is 5.15. The van der Waals surface area contributed by atoms with Gasteiger partial charge in [-0.05, 0) is 12.8 Å². The molecule has 0 bridgehead atoms. The summed E-state index contributed by atoms with van der Waals surface area (Å²) in [7, 11) is -8.91. The Balaban J connectivity index is 2.91. The number of amides is 1. The van der Waals surface area contributed by atoms with Gasteiger partial charge in [-0.25, -0.2) is 0 Å². The summed E-state index contributed by atoms with van der Waals surface area (Å²) in [5.74, 6) is -0.701. The molecule has 2 atom stereocenters. The van der Waals surface area contributed by atoms with Gasteiger partial charge in [-0.3, -0.25) is 24.1 Å². The highest BCUT2D eigenvalue weighted by Crippen LogP contribution is 2.39. The normalized spacial score (nSPS) is 26.6. The van der Waals surface area contributed by atoms with Crippen molar-refractivity contribution in [2.45, 2.75) is 18.9 Å². The highest BCUT2D eigenvalue weighted by molar-refractivity contribution is 7.90. The van der Waals surface area contributed by atoms with Crippen LogP contribution in [-0.4, -0.2) is 36.1 Å². The van der Waals surface area contributed by atoms with E-state index in [2.05, 4.69) is 0 Å². The SMILES string of the molecule is N[C@@H]1CCCN([P@@](N)(=O)NS(=O)(=O)O)C1=O. The average molecular weight is 272 g/mol. The van der Waals surface area contributed by atoms with Crippen molar-refractivity contribution >= 4 is 23.8 Å². The van der Waals surface area contributed by atoms with Crippen molar-refractivity contribution in [3.63, 3.8) is 0 Å². The number of nitrogens with two attached hydrogens (primary N) is 2. The Labute approximate surface area is 92.6 Å². The van der Waals surface area contributed by atoms with Crippen LogP contribution in [0, 0.1) is 0 Å². The minimum Gasteiger partial charge on any atom is -0.320 e. The molecule has 94 valence electrons. The average Bonchev–Trinajstić information content (AvgIpc) is 2.05. The molecule has 0 radical (unpaired) electrons. The molecule has 16 heavy (non-hydrogen) atoms. The highest BCUT2D eigenvalue weighted by Gasteiger charge is 2.38. The zero-order valence-electron chi connectivity index (χ0n) is 8.24. The Morgan fingerprint density at radius 2 is 2.12 bits per heavy atom. The molecular weight excluding hydrogens is 259 g/mol. The van der Waals surface area contributed by atoms with Crippen LogP contribution in [0.3, 0.4) is 0 Å². The van der Waals surface area contributed by atoms with E-state index >= 15 is 0 Å². The van der Waals surface area contributed by atoms with Gasteiger partial charge < -0.3 is 5.73 Å². The van der Waals surface area contributed by atoms with Crippen molar-refractivity contribution in [3.8, 4) is 0 Å². The van der Waals surface area contributed by atoms with E-state index in [1.165, 1.54) is 4.49 Å². The zero-order chi connectivity index (χ0) is 12.6. The second kappa shape index (κ2) is 4.40. The Morgan fingerprint density at radius 1 is 1.56 bits per heavy atom. The molecule has 1 aliphatic rings. The van der Waals surface area contributed by atoms with Crippen molar-refractivity contribution < 1.29 is 22.3 Å². The highest BCUT2D eigenvalue weighted by atomic mass is 32.2. The predicted molar refractivity (Wildman–Crippen MR) is 55.4 cm³/mol. The number of carbonyl (C=O) groups is 1. The van der Waals surface area contributed by atoms with Crippen molar-refractivity contribution in [1.29, 1.82) is 0 Å². The van der Waals surface area contributed by atoms with Crippen LogP contribution in [0.1, 0.15) is 12.8 Å². The quantitative estimate of drug-likeness (QED) is 0.356. The van der Waals surface area contributed by atoms with E-state index in [1.807, 2.05) is 0 Å². The lowest BCUT2D eigenvalue weighted by molar-refractivity contribution is -0.129. The van der Waals surface area contributed by atoms with E-state index in [0.29, 0.717) is 17.5 Å². The minimum absolute atomic E-state index is 0.0306. The molecule has 1 aliphatic heterocycles. The Kier molecular flexibility index (Phi) is 3.72. The first-order chi connectivity index (χ1) is 7.13. The summed E-state index contributed by atoms with van der Waals surface area (Å²) in [4.78, 5) is 11.5. The van der Waals surface area contributed by atoms with Gasteiger partial charge in [0.25, 0.3) is 0 Å². The summed E-state index contributed by atoms with van der Waals surface area (Å²) < 4.78 is 43.2. The van der Waals surface area contributed by atoms with Crippen LogP contribution in [0.15, 0.2) is 0 Å². The first-order valence-electron chi connectivity index (χ1n) is 4.36. The molecule has 1 heterocycles. The molecule has 11 heteroatoms. The Bertz CT molecular complexity index is 436. The topological polar surface area (TPSA) is 156 Å². The van der Waals surface area contributed by atoms with E-state index in [-0.39, 0.29) is 6.54 Å². The molecular formula is C5H13N4O5PS. The second-order valence-electron chi connectivity index (χ2n) is 3.40. The summed E-state index contributed by atoms with van der Waals surface area (Å²) in [6.45, 7) is 0.0306. The van der Waals surface area contributed by atoms with E-state index in [0.717, 1.165) is 0 Å². The van der Waals surface area contributed by atoms with Crippen molar-refractivity contribution in [2.24, 2.45) is 11.2 Å². The van der Waals surface area contributed by atoms with E-state index < -0.39 is 29.8 Å². The number of piperidine rings is 1. The molecule has 0 aromatic carbocycles. The number of hydrogen-bond acceptors (Lipinski definition) is 5. The van der Waals surface area contributed by atoms with Gasteiger partial charge in [0.15, 0.2) is 0 Å². The lowest BCUT2D eigenvalue weighted by Gasteiger charge is -2.33. The van der Waals surface area contributed by atoms with Crippen LogP contribution >= 0.6 is 7.59 Å². The summed E-state index contributed by atoms with van der Waals surface area (Å²) in [6, 6.07) is -0.853. The summed E-state index contributed by atoms with van der Waals surface area (Å²) in [6.07, 6.45) is 0.877. The molecule has 6 N–H and O–H groups in total. The van der Waals surface area contributed by atoms with Gasteiger partial charge in [0, 0.05) is 6.54 Å². The monoisotopic (exact) mass is 272 g/mol. The lowest BCUT2D eigenvalue weighted by atomic mass is 10.1. The standard InChI is InChI=1S/C5H13N4O5PS/c6-4-2-1-3-9(5(4)10)15(7,11)8-16(12,13)14/h4H,1-3,6H2,(H3,7,8,11)(H,12,13,14)/t4-,15+/m1/s1. The largest absolute Gasteiger partial charge is 0.341 e. The molecule has 1 saturated heterocycles. The number of hydrogen-bond donors (Lipinski definition) is 4. The van der Waals surface area contributed by atoms with Gasteiger partial charge in [-0.1, -0.05) is 0 Å². The Hall–Kier alpha value is -0.510. The van der Waals surface area contributed by atoms with Crippen LogP contribution in [0.25, 0.3) is 0 Å². The molecule has 0 aromatic rings. The molecule has 0 unspecified atom stereocenters. The number of carbonyl (C=O) groups excluding carboxylic acids is 1. The first kappa shape index (κ1) is 13.6. The van der Waals surface area contributed by atoms with Gasteiger partial charge >= 0.3 is 17.9 Å². The van der Waals surface area contributed by atoms with Crippen LogP contribution in [-0.2, 0) is 19.7 Å². The Morgan fingerprint density at radius 3 is 2.62 bits per heavy atom. The number of nitrogens with zero attached hydrogens (tertiary/aromatic N) is 1. The van der Waals surface area contributed by atoms with Gasteiger partial charge in [0.1, 0.15) is 0 Å². The van der Waals surface area contributed by atoms with Gasteiger partial charge in [-0.2, -0.15) is 8.42 Å². The van der Waals surface area contributed by atoms with Crippen molar-refractivity contribution in [2.75, 3.05) is 6.54 Å². The maximum absolute atomic E-state index is 11.7. The summed E-state index contributed by atoms with van der Waals surface area (Å²) >= 11 is 0. The molecule has 0 aromatic heterocycles. The van der Waals surface area contributed by atoms with Crippen LogP contribution in [0.4, 0.5) is 0 Å². The van der Waals surface area contributed by atoms with Gasteiger partial charge in [0.05, 0.1) is 6.04 Å². The lowest BCUT2D eigenvalue weighted by Crippen LogP contribution is -2.50. The van der Waals surface area contributed by atoms with Crippen molar-refractivity contribution in [1.82, 2.24) is 9.16 Å². The molecule has 0 spiro atoms. The van der Waals surface area contributed by atoms with Gasteiger partial charge in [-0.15, -0.1) is 4.49 Å². The van der Waals surface area contributed by atoms with E-state index in [4.69, 9.17) is 15.8 Å². The smallest absolute Gasteiger partial charge is 0.320 e. The van der Waals surface area contributed by atoms with Crippen LogP contribution in [0.2, 0.25) is 0 Å². The van der Waals surface area contributed by atoms with Crippen LogP contribution < -0.4 is 15.7 Å². The third-order valence-electron chi connectivity index (χ3n) is 2.06. The molecule has 1 amide bonds. The summed E-state index contributed by atoms with van der Waals surface area (Å²) in [5, 5.41) is 0. The zero-order valence-corrected chi connectivity index (χ0v) is 9.95. The van der Waals surface area contributed by atoms with E-state index in [9.17, 15) is 17.8 Å². The molecule has 0 aliphatic carbocycles. The second-order valence-corrected chi connectivity index (χ2v) is 6.81. The molecule has 9 nitrogen and oxygen atoms in total. The summed E-state index contributed by atoms with van der Waals surface area (Å²) in [5.41, 5.74) is 10.6. The molecule has 1 rings (SSSR count). The predicted octanol–water partition coefficient (Wildman–Crippen LogP) is -1.60. The number of rotatable bonds is 3. The first-order valence-corrected chi connectivity index (χ1v) is 7.53. The fraction of sp³-hybridized carbons (Fsp3) is 0.800. The molecule has 1 fully saturated rings. The van der Waals surface area contributed by atoms with E-state index in [1.54, 1.807) is 0 Å². The van der Waals surface area contributed by atoms with Crippen molar-refractivity contribution in [3.05, 3.63) is 0 Å². The maximum Gasteiger partial charge on any atom is 0.341 e. The van der Waals surface area contributed by atoms with Gasteiger partial charge in [0.2, 0.25) is 5.91 Å². The number of nitrogens with one attached hydrogen (secondary N) is 1. The maximum atomic E-state index is 11.7. The fourth-order valence-corrected chi connectivity index (χ4v) is 3.99. The third kappa shape index (κ3) is 3.24.